The molecule has 0 bridgehead atoms. The minimum absolute atomic E-state index is 0. The molecule has 2 N–H and O–H groups in total. The van der Waals surface area contributed by atoms with Crippen LogP contribution in [-0.2, 0) is 9.53 Å². The van der Waals surface area contributed by atoms with E-state index < -0.39 is 24.9 Å². The van der Waals surface area contributed by atoms with Crippen LogP contribution in [0.4, 0.5) is 13.2 Å². The van der Waals surface area contributed by atoms with E-state index in [0.29, 0.717) is 13.1 Å². The lowest BCUT2D eigenvalue weighted by atomic mass is 10.2. The zero-order valence-electron chi connectivity index (χ0n) is 11.5. The Kier molecular flexibility index (Phi) is 8.49. The zero-order chi connectivity index (χ0) is 15.3. The molecule has 2 atom stereocenters. The van der Waals surface area contributed by atoms with Crippen molar-refractivity contribution >= 4 is 18.4 Å². The number of nitrogens with zero attached hydrogens (tertiary/aromatic N) is 2. The maximum atomic E-state index is 11.9. The standard InChI is InChI=1S/C11H19F3N2O4.ClH/c1-15(6-10(18)19)8-4-16(5-9(8)17)2-3-20-7-11(12,13)14;/h8-9,17H,2-7H2,1H3,(H,18,19);1H/t8?,9-;/m1./s1. The zero-order valence-corrected chi connectivity index (χ0v) is 12.4. The Morgan fingerprint density at radius 3 is 2.57 bits per heavy atom. The molecule has 0 saturated carbocycles. The number of carboxylic acid groups (broad SMARTS) is 1. The first-order chi connectivity index (χ1) is 9.19. The number of likely N-dealkylation sites (tertiary alicyclic amines) is 1. The summed E-state index contributed by atoms with van der Waals surface area (Å²) in [7, 11) is 1.59. The van der Waals surface area contributed by atoms with Gasteiger partial charge in [0.2, 0.25) is 0 Å². The van der Waals surface area contributed by atoms with Crippen LogP contribution in [0, 0.1) is 0 Å². The molecule has 1 unspecified atom stereocenters. The number of aliphatic hydroxyl groups excluding tert-OH is 1. The second-order valence-corrected chi connectivity index (χ2v) is 4.87. The van der Waals surface area contributed by atoms with Gasteiger partial charge in [0.05, 0.1) is 19.3 Å². The molecule has 6 nitrogen and oxygen atoms in total. The lowest BCUT2D eigenvalue weighted by molar-refractivity contribution is -0.174. The summed E-state index contributed by atoms with van der Waals surface area (Å²) in [6.07, 6.45) is -5.06. The van der Waals surface area contributed by atoms with Crippen LogP contribution in [0.1, 0.15) is 0 Å². The molecule has 0 amide bonds. The Hall–Kier alpha value is -0.610. The van der Waals surface area contributed by atoms with Crippen LogP contribution in [0.15, 0.2) is 0 Å². The van der Waals surface area contributed by atoms with Crippen LogP contribution in [-0.4, -0.2) is 90.7 Å². The van der Waals surface area contributed by atoms with Gasteiger partial charge < -0.3 is 14.9 Å². The summed E-state index contributed by atoms with van der Waals surface area (Å²) in [4.78, 5) is 13.9. The molecule has 0 spiro atoms. The van der Waals surface area contributed by atoms with Crippen molar-refractivity contribution in [3.05, 3.63) is 0 Å². The molecule has 0 aromatic rings. The van der Waals surface area contributed by atoms with Gasteiger partial charge in [0.1, 0.15) is 6.61 Å². The molecule has 0 aromatic heterocycles. The Labute approximate surface area is 126 Å². The number of hydrogen-bond acceptors (Lipinski definition) is 5. The average Bonchev–Trinajstić information content (AvgIpc) is 2.64. The number of alkyl halides is 3. The maximum absolute atomic E-state index is 11.9. The van der Waals surface area contributed by atoms with Crippen molar-refractivity contribution in [3.8, 4) is 0 Å². The summed E-state index contributed by atoms with van der Waals surface area (Å²) in [6, 6.07) is -0.339. The predicted molar refractivity (Wildman–Crippen MR) is 70.6 cm³/mol. The van der Waals surface area contributed by atoms with Crippen molar-refractivity contribution in [1.29, 1.82) is 0 Å². The Morgan fingerprint density at radius 1 is 1.43 bits per heavy atom. The van der Waals surface area contributed by atoms with Crippen LogP contribution in [0.5, 0.6) is 0 Å². The molecule has 0 aromatic carbocycles. The SMILES string of the molecule is CN(CC(=O)O)C1CN(CCOCC(F)(F)F)C[C@H]1O.Cl. The van der Waals surface area contributed by atoms with Gasteiger partial charge in [-0.3, -0.25) is 14.6 Å². The van der Waals surface area contributed by atoms with Crippen molar-refractivity contribution in [2.24, 2.45) is 0 Å². The molecule has 1 aliphatic rings. The first-order valence-electron chi connectivity index (χ1n) is 6.16. The van der Waals surface area contributed by atoms with Crippen LogP contribution in [0.25, 0.3) is 0 Å². The number of aliphatic carboxylic acids is 1. The fourth-order valence-electron chi connectivity index (χ4n) is 2.17. The molecule has 1 aliphatic heterocycles. The third-order valence-corrected chi connectivity index (χ3v) is 3.10. The van der Waals surface area contributed by atoms with E-state index in [1.807, 2.05) is 0 Å². The highest BCUT2D eigenvalue weighted by atomic mass is 35.5. The van der Waals surface area contributed by atoms with E-state index >= 15 is 0 Å². The number of β-amino-alcohol motifs (C(OH)–C–C–N with tert-alkyl or cyclic N) is 1. The summed E-state index contributed by atoms with van der Waals surface area (Å²) < 4.78 is 40.1. The minimum Gasteiger partial charge on any atom is -0.480 e. The highest BCUT2D eigenvalue weighted by molar-refractivity contribution is 5.85. The highest BCUT2D eigenvalue weighted by Crippen LogP contribution is 2.16. The summed E-state index contributed by atoms with van der Waals surface area (Å²) >= 11 is 0. The van der Waals surface area contributed by atoms with Crippen LogP contribution in [0.2, 0.25) is 0 Å². The van der Waals surface area contributed by atoms with Crippen LogP contribution < -0.4 is 0 Å². The number of carbonyl (C=O) groups is 1. The largest absolute Gasteiger partial charge is 0.480 e. The highest BCUT2D eigenvalue weighted by Gasteiger charge is 2.34. The molecular formula is C11H20ClF3N2O4. The second kappa shape index (κ2) is 8.74. The summed E-state index contributed by atoms with van der Waals surface area (Å²) in [6.45, 7) is -0.595. The summed E-state index contributed by atoms with van der Waals surface area (Å²) in [5.41, 5.74) is 0. The van der Waals surface area contributed by atoms with E-state index in [0.717, 1.165) is 0 Å². The van der Waals surface area contributed by atoms with Gasteiger partial charge in [0.25, 0.3) is 0 Å². The number of likely N-dealkylation sites (N-methyl/N-ethyl adjacent to an activating group) is 1. The quantitative estimate of drug-likeness (QED) is 0.640. The number of aliphatic hydroxyl groups is 1. The lowest BCUT2D eigenvalue weighted by Gasteiger charge is -2.24. The predicted octanol–water partition coefficient (Wildman–Crippen LogP) is 0.0486. The maximum Gasteiger partial charge on any atom is 0.411 e. The summed E-state index contributed by atoms with van der Waals surface area (Å²) in [5.74, 6) is -0.994. The fraction of sp³-hybridized carbons (Fsp3) is 0.909. The molecule has 10 heteroatoms. The fourth-order valence-corrected chi connectivity index (χ4v) is 2.17. The van der Waals surface area contributed by atoms with Gasteiger partial charge in [-0.05, 0) is 7.05 Å². The molecule has 0 radical (unpaired) electrons. The van der Waals surface area contributed by atoms with Gasteiger partial charge in [-0.25, -0.2) is 0 Å². The van der Waals surface area contributed by atoms with Gasteiger partial charge in [-0.2, -0.15) is 13.2 Å². The van der Waals surface area contributed by atoms with Gasteiger partial charge in [-0.15, -0.1) is 12.4 Å². The van der Waals surface area contributed by atoms with Gasteiger partial charge >= 0.3 is 12.1 Å². The molecule has 1 fully saturated rings. The Balaban J connectivity index is 0.00000400. The third-order valence-electron chi connectivity index (χ3n) is 3.10. The number of hydrogen-bond donors (Lipinski definition) is 2. The van der Waals surface area contributed by atoms with Gasteiger partial charge in [-0.1, -0.05) is 0 Å². The molecule has 1 heterocycles. The normalized spacial score (nSPS) is 23.3. The molecule has 21 heavy (non-hydrogen) atoms. The molecule has 126 valence electrons. The molecule has 1 rings (SSSR count). The van der Waals surface area contributed by atoms with E-state index in [-0.39, 0.29) is 38.1 Å². The van der Waals surface area contributed by atoms with Crippen LogP contribution in [0.3, 0.4) is 0 Å². The number of halogens is 4. The Bertz CT molecular complexity index is 333. The van der Waals surface area contributed by atoms with Crippen molar-refractivity contribution < 1.29 is 32.9 Å². The minimum atomic E-state index is -4.34. The summed E-state index contributed by atoms with van der Waals surface area (Å²) in [5, 5.41) is 18.5. The Morgan fingerprint density at radius 2 is 2.05 bits per heavy atom. The molecule has 0 aliphatic carbocycles. The van der Waals surface area contributed by atoms with E-state index in [9.17, 15) is 23.1 Å². The molecular weight excluding hydrogens is 317 g/mol. The number of ether oxygens (including phenoxy) is 1. The van der Waals surface area contributed by atoms with Gasteiger partial charge in [0, 0.05) is 25.7 Å². The van der Waals surface area contributed by atoms with E-state index in [1.54, 1.807) is 11.9 Å². The monoisotopic (exact) mass is 336 g/mol. The topological polar surface area (TPSA) is 73.2 Å². The first-order valence-corrected chi connectivity index (χ1v) is 6.16. The smallest absolute Gasteiger partial charge is 0.411 e. The average molecular weight is 337 g/mol. The van der Waals surface area contributed by atoms with Gasteiger partial charge in [0.15, 0.2) is 0 Å². The lowest BCUT2D eigenvalue weighted by Crippen LogP contribution is -2.43. The van der Waals surface area contributed by atoms with Crippen molar-refractivity contribution in [2.75, 3.05) is 46.4 Å². The van der Waals surface area contributed by atoms with Crippen molar-refractivity contribution in [3.63, 3.8) is 0 Å². The first kappa shape index (κ1) is 20.4. The van der Waals surface area contributed by atoms with E-state index in [2.05, 4.69) is 4.74 Å². The van der Waals surface area contributed by atoms with Crippen molar-refractivity contribution in [1.82, 2.24) is 9.80 Å². The van der Waals surface area contributed by atoms with Crippen LogP contribution >= 0.6 is 12.4 Å². The van der Waals surface area contributed by atoms with E-state index in [1.165, 1.54) is 4.90 Å². The van der Waals surface area contributed by atoms with Crippen molar-refractivity contribution in [2.45, 2.75) is 18.3 Å². The number of rotatable bonds is 7. The second-order valence-electron chi connectivity index (χ2n) is 4.87. The third kappa shape index (κ3) is 7.82. The number of carboxylic acids is 1. The van der Waals surface area contributed by atoms with E-state index in [4.69, 9.17) is 5.11 Å². The molecule has 1 saturated heterocycles.